The summed E-state index contributed by atoms with van der Waals surface area (Å²) in [5.74, 6) is 5.03. The van der Waals surface area contributed by atoms with E-state index < -0.39 is 0 Å². The minimum Gasteiger partial charge on any atom is -0.103 e. The Morgan fingerprint density at radius 2 is 1.70 bits per heavy atom. The first kappa shape index (κ1) is 19.0. The summed E-state index contributed by atoms with van der Waals surface area (Å²) < 4.78 is 0. The summed E-state index contributed by atoms with van der Waals surface area (Å²) >= 11 is 0. The van der Waals surface area contributed by atoms with E-state index >= 15 is 0 Å². The van der Waals surface area contributed by atoms with E-state index in [1.807, 2.05) is 0 Å². The Hall–Kier alpha value is -1.30. The van der Waals surface area contributed by atoms with Crippen molar-refractivity contribution >= 4 is 6.08 Å². The molecule has 27 heavy (non-hydrogen) atoms. The summed E-state index contributed by atoms with van der Waals surface area (Å²) in [6, 6.07) is 7.18. The molecule has 4 rings (SSSR count). The van der Waals surface area contributed by atoms with Gasteiger partial charge in [0.2, 0.25) is 0 Å². The van der Waals surface area contributed by atoms with E-state index in [2.05, 4.69) is 49.9 Å². The zero-order chi connectivity index (χ0) is 18.6. The van der Waals surface area contributed by atoms with Gasteiger partial charge in [0.25, 0.3) is 0 Å². The summed E-state index contributed by atoms with van der Waals surface area (Å²) in [4.78, 5) is 0. The molecule has 0 aliphatic heterocycles. The lowest BCUT2D eigenvalue weighted by Gasteiger charge is -2.45. The van der Waals surface area contributed by atoms with E-state index in [9.17, 15) is 0 Å². The lowest BCUT2D eigenvalue weighted by Crippen LogP contribution is -2.35. The van der Waals surface area contributed by atoms with E-state index in [4.69, 9.17) is 0 Å². The Morgan fingerprint density at radius 1 is 0.926 bits per heavy atom. The molecule has 5 unspecified atom stereocenters. The molecular weight excluding hydrogens is 324 g/mol. The van der Waals surface area contributed by atoms with Crippen molar-refractivity contribution in [2.24, 2.45) is 29.6 Å². The van der Waals surface area contributed by atoms with Crippen molar-refractivity contribution in [3.05, 3.63) is 53.6 Å². The molecule has 0 N–H and O–H groups in total. The van der Waals surface area contributed by atoms with Gasteiger partial charge in [0, 0.05) is 0 Å². The summed E-state index contributed by atoms with van der Waals surface area (Å²) in [6.45, 7) is 6.02. The van der Waals surface area contributed by atoms with Crippen LogP contribution < -0.4 is 0 Å². The molecule has 2 fully saturated rings. The van der Waals surface area contributed by atoms with Gasteiger partial charge >= 0.3 is 0 Å². The van der Waals surface area contributed by atoms with Crippen molar-refractivity contribution in [3.63, 3.8) is 0 Å². The molecule has 0 bridgehead atoms. The lowest BCUT2D eigenvalue weighted by atomic mass is 9.61. The number of hydrogen-bond acceptors (Lipinski definition) is 0. The van der Waals surface area contributed by atoms with E-state index in [0.29, 0.717) is 0 Å². The number of aryl methyl sites for hydroxylation is 1. The van der Waals surface area contributed by atoms with E-state index in [1.165, 1.54) is 76.2 Å². The molecule has 1 aromatic carbocycles. The standard InChI is InChI=1S/C27H38/c1-3-5-7-21-9-11-25-19-27(15-13-23(25)17-21)26-14-12-22-16-20(6-4-2)8-10-24(22)18-26/h3-4,6,8,10,16,21,23,25-27H,1,5,7,9,11-15,17-19H2,2H3. The average Bonchev–Trinajstić information content (AvgIpc) is 2.71. The van der Waals surface area contributed by atoms with Gasteiger partial charge < -0.3 is 0 Å². The van der Waals surface area contributed by atoms with Crippen LogP contribution in [0.4, 0.5) is 0 Å². The van der Waals surface area contributed by atoms with Gasteiger partial charge in [-0.1, -0.05) is 42.8 Å². The van der Waals surface area contributed by atoms with Gasteiger partial charge in [-0.15, -0.1) is 6.58 Å². The third-order valence-electron chi connectivity index (χ3n) is 8.06. The van der Waals surface area contributed by atoms with Gasteiger partial charge in [0.05, 0.1) is 0 Å². The second-order valence-electron chi connectivity index (χ2n) is 9.67. The first-order valence-corrected chi connectivity index (χ1v) is 11.6. The molecule has 0 spiro atoms. The fourth-order valence-corrected chi connectivity index (χ4v) is 6.57. The van der Waals surface area contributed by atoms with Gasteiger partial charge in [-0.25, -0.2) is 0 Å². The van der Waals surface area contributed by atoms with Crippen molar-refractivity contribution < 1.29 is 0 Å². The molecule has 3 aliphatic rings. The Bertz CT molecular complexity index is 667. The highest BCUT2D eigenvalue weighted by molar-refractivity contribution is 5.52. The van der Waals surface area contributed by atoms with Crippen LogP contribution in [0.3, 0.4) is 0 Å². The summed E-state index contributed by atoms with van der Waals surface area (Å²) in [7, 11) is 0. The van der Waals surface area contributed by atoms with Crippen LogP contribution in [0.25, 0.3) is 6.08 Å². The summed E-state index contributed by atoms with van der Waals surface area (Å²) in [5.41, 5.74) is 4.65. The van der Waals surface area contributed by atoms with Crippen molar-refractivity contribution in [3.8, 4) is 0 Å². The zero-order valence-electron chi connectivity index (χ0n) is 17.3. The number of rotatable bonds is 5. The van der Waals surface area contributed by atoms with Crippen LogP contribution in [0.2, 0.25) is 0 Å². The first-order valence-electron chi connectivity index (χ1n) is 11.6. The smallest absolute Gasteiger partial charge is 0.0245 e. The molecule has 2 saturated carbocycles. The highest BCUT2D eigenvalue weighted by atomic mass is 14.4. The minimum atomic E-state index is 0.949. The van der Waals surface area contributed by atoms with Crippen LogP contribution >= 0.6 is 0 Å². The maximum absolute atomic E-state index is 3.91. The van der Waals surface area contributed by atoms with Crippen molar-refractivity contribution in [1.82, 2.24) is 0 Å². The fraction of sp³-hybridized carbons (Fsp3) is 0.630. The van der Waals surface area contributed by atoms with Crippen molar-refractivity contribution in [1.29, 1.82) is 0 Å². The van der Waals surface area contributed by atoms with E-state index in [-0.39, 0.29) is 0 Å². The average molecular weight is 363 g/mol. The fourth-order valence-electron chi connectivity index (χ4n) is 6.57. The molecule has 0 amide bonds. The Morgan fingerprint density at radius 3 is 2.52 bits per heavy atom. The predicted molar refractivity (Wildman–Crippen MR) is 118 cm³/mol. The lowest BCUT2D eigenvalue weighted by molar-refractivity contribution is 0.0699. The molecule has 0 heterocycles. The Kier molecular flexibility index (Phi) is 6.21. The van der Waals surface area contributed by atoms with Gasteiger partial charge in [0.1, 0.15) is 0 Å². The molecule has 0 radical (unpaired) electrons. The normalized spacial score (nSPS) is 33.4. The molecule has 0 nitrogen and oxygen atoms in total. The van der Waals surface area contributed by atoms with Crippen molar-refractivity contribution in [2.45, 2.75) is 77.6 Å². The first-order chi connectivity index (χ1) is 13.3. The summed E-state index contributed by atoms with van der Waals surface area (Å²) in [6.07, 6.45) is 22.3. The molecule has 1 aromatic rings. The molecular formula is C27H38. The van der Waals surface area contributed by atoms with Gasteiger partial charge in [-0.2, -0.15) is 0 Å². The second kappa shape index (κ2) is 8.80. The van der Waals surface area contributed by atoms with Gasteiger partial charge in [-0.3, -0.25) is 0 Å². The highest BCUT2D eigenvalue weighted by Gasteiger charge is 2.38. The van der Waals surface area contributed by atoms with Crippen LogP contribution in [0.15, 0.2) is 36.9 Å². The Labute approximate surface area is 167 Å². The van der Waals surface area contributed by atoms with Crippen LogP contribution in [0, 0.1) is 29.6 Å². The van der Waals surface area contributed by atoms with Gasteiger partial charge in [0.15, 0.2) is 0 Å². The third-order valence-corrected chi connectivity index (χ3v) is 8.06. The molecule has 0 aromatic heterocycles. The SMILES string of the molecule is C=CCCC1CCC2CC(C3CCc4cc(C=CC)ccc4C3)CCC2C1. The minimum absolute atomic E-state index is 0.949. The van der Waals surface area contributed by atoms with Crippen LogP contribution in [0.1, 0.15) is 81.4 Å². The summed E-state index contributed by atoms with van der Waals surface area (Å²) in [5, 5.41) is 0. The predicted octanol–water partition coefficient (Wildman–Crippen LogP) is 7.62. The molecule has 0 heteroatoms. The molecule has 3 aliphatic carbocycles. The molecule has 0 saturated heterocycles. The number of benzene rings is 1. The van der Waals surface area contributed by atoms with Crippen LogP contribution in [-0.4, -0.2) is 0 Å². The number of hydrogen-bond donors (Lipinski definition) is 0. The van der Waals surface area contributed by atoms with Crippen molar-refractivity contribution in [2.75, 3.05) is 0 Å². The molecule has 5 atom stereocenters. The van der Waals surface area contributed by atoms with Crippen LogP contribution in [0.5, 0.6) is 0 Å². The maximum atomic E-state index is 3.91. The highest BCUT2D eigenvalue weighted by Crippen LogP contribution is 2.49. The Balaban J connectivity index is 1.34. The quantitative estimate of drug-likeness (QED) is 0.472. The topological polar surface area (TPSA) is 0 Å². The number of fused-ring (bicyclic) bond motifs is 2. The molecule has 146 valence electrons. The second-order valence-corrected chi connectivity index (χ2v) is 9.67. The van der Waals surface area contributed by atoms with E-state index in [0.717, 1.165) is 29.6 Å². The van der Waals surface area contributed by atoms with Crippen LogP contribution in [-0.2, 0) is 12.8 Å². The monoisotopic (exact) mass is 362 g/mol. The number of allylic oxidation sites excluding steroid dienone is 2. The largest absolute Gasteiger partial charge is 0.103 e. The maximum Gasteiger partial charge on any atom is -0.0245 e. The van der Waals surface area contributed by atoms with Gasteiger partial charge in [-0.05, 0) is 117 Å². The van der Waals surface area contributed by atoms with E-state index in [1.54, 1.807) is 11.1 Å². The zero-order valence-corrected chi connectivity index (χ0v) is 17.3. The third kappa shape index (κ3) is 4.41.